The lowest BCUT2D eigenvalue weighted by Gasteiger charge is -2.36. The molecule has 0 saturated carbocycles. The summed E-state index contributed by atoms with van der Waals surface area (Å²) in [4.78, 5) is 16.5. The number of sulfonamides is 1. The Morgan fingerprint density at radius 2 is 1.90 bits per heavy atom. The minimum Gasteiger partial charge on any atom is -0.366 e. The third kappa shape index (κ3) is 4.58. The number of imidazole rings is 1. The minimum absolute atomic E-state index is 0.171. The molecule has 0 aromatic carbocycles. The van der Waals surface area contributed by atoms with Crippen LogP contribution in [0.1, 0.15) is 13.3 Å². The van der Waals surface area contributed by atoms with E-state index in [4.69, 9.17) is 9.47 Å². The van der Waals surface area contributed by atoms with Gasteiger partial charge in [0.05, 0.1) is 5.75 Å². The molecule has 2 aromatic heterocycles. The fourth-order valence-corrected chi connectivity index (χ4v) is 6.31. The Morgan fingerprint density at radius 1 is 1.27 bits per heavy atom. The van der Waals surface area contributed by atoms with E-state index in [9.17, 15) is 21.6 Å². The summed E-state index contributed by atoms with van der Waals surface area (Å²) in [6.45, 7) is 1.37. The van der Waals surface area contributed by atoms with Crippen LogP contribution < -0.4 is 20.7 Å². The number of aromatic nitrogens is 2. The van der Waals surface area contributed by atoms with Crippen molar-refractivity contribution in [3.8, 4) is 0 Å². The molecule has 30 heavy (non-hydrogen) atoms. The van der Waals surface area contributed by atoms with Gasteiger partial charge >= 0.3 is 6.03 Å². The Balaban J connectivity index is 1.84. The number of carbonyl (C=O) groups excluding carboxylic acids is 1. The number of urea groups is 1. The van der Waals surface area contributed by atoms with Crippen molar-refractivity contribution in [1.82, 2.24) is 30.1 Å². The van der Waals surface area contributed by atoms with Crippen LogP contribution in [-0.2, 0) is 29.3 Å². The van der Waals surface area contributed by atoms with E-state index < -0.39 is 54.7 Å². The number of ether oxygens (including phenoxy) is 2. The molecule has 1 aliphatic heterocycles. The van der Waals surface area contributed by atoms with E-state index >= 15 is 0 Å². The van der Waals surface area contributed by atoms with Crippen molar-refractivity contribution in [3.63, 3.8) is 0 Å². The molecule has 2 aromatic rings. The summed E-state index contributed by atoms with van der Waals surface area (Å²) in [6.07, 6.45) is 0.0636. The van der Waals surface area contributed by atoms with E-state index in [1.54, 1.807) is 5.38 Å². The van der Waals surface area contributed by atoms with Crippen LogP contribution in [0.4, 0.5) is 4.79 Å². The third-order valence-corrected chi connectivity index (χ3v) is 8.20. The topological polar surface area (TPSA) is 169 Å². The van der Waals surface area contributed by atoms with Crippen LogP contribution in [0, 0.1) is 0 Å². The second-order valence-corrected chi connectivity index (χ2v) is 10.9. The molecule has 2 unspecified atom stereocenters. The highest BCUT2D eigenvalue weighted by Crippen LogP contribution is 2.26. The zero-order valence-electron chi connectivity index (χ0n) is 16.3. The molecule has 168 valence electrons. The van der Waals surface area contributed by atoms with Gasteiger partial charge in [0, 0.05) is 32.2 Å². The summed E-state index contributed by atoms with van der Waals surface area (Å²) in [5, 5.41) is 8.51. The summed E-state index contributed by atoms with van der Waals surface area (Å²) in [7, 11) is -5.60. The number of amides is 2. The van der Waals surface area contributed by atoms with E-state index in [-0.39, 0.29) is 10.7 Å². The molecule has 2 atom stereocenters. The predicted molar refractivity (Wildman–Crippen MR) is 106 cm³/mol. The molecular formula is C14H22N6O7S3. The smallest absolute Gasteiger partial charge is 0.330 e. The highest BCUT2D eigenvalue weighted by atomic mass is 32.2. The second-order valence-electron chi connectivity index (χ2n) is 6.21. The largest absolute Gasteiger partial charge is 0.366 e. The van der Waals surface area contributed by atoms with Crippen LogP contribution in [0.5, 0.6) is 0 Å². The van der Waals surface area contributed by atoms with Gasteiger partial charge in [0.1, 0.15) is 18.7 Å². The molecule has 3 rings (SSSR count). The number of fused-ring (bicyclic) bond motifs is 1. The number of rotatable bonds is 7. The SMILES string of the molecule is CCS(=O)(=O)c1nc2sccn2c1S(=O)(=O)NC(=O)NC1NC(OC)CC(OC)N1. The van der Waals surface area contributed by atoms with E-state index in [0.717, 1.165) is 15.7 Å². The van der Waals surface area contributed by atoms with Crippen molar-refractivity contribution in [2.75, 3.05) is 20.0 Å². The Morgan fingerprint density at radius 3 is 2.47 bits per heavy atom. The van der Waals surface area contributed by atoms with E-state index in [1.807, 2.05) is 4.72 Å². The van der Waals surface area contributed by atoms with Crippen molar-refractivity contribution >= 4 is 42.2 Å². The van der Waals surface area contributed by atoms with Crippen molar-refractivity contribution < 1.29 is 31.1 Å². The van der Waals surface area contributed by atoms with Crippen molar-refractivity contribution in [1.29, 1.82) is 0 Å². The first-order valence-corrected chi connectivity index (χ1v) is 12.7. The molecule has 1 aliphatic rings. The van der Waals surface area contributed by atoms with Crippen molar-refractivity contribution in [2.45, 2.75) is 42.1 Å². The summed E-state index contributed by atoms with van der Waals surface area (Å²) in [6, 6.07) is -1.09. The zero-order chi connectivity index (χ0) is 22.1. The van der Waals surface area contributed by atoms with Crippen LogP contribution in [-0.4, -0.2) is 71.0 Å². The highest BCUT2D eigenvalue weighted by molar-refractivity contribution is 7.93. The van der Waals surface area contributed by atoms with Crippen LogP contribution in [0.15, 0.2) is 21.6 Å². The van der Waals surface area contributed by atoms with Gasteiger partial charge in [-0.2, -0.15) is 8.42 Å². The zero-order valence-corrected chi connectivity index (χ0v) is 18.7. The van der Waals surface area contributed by atoms with Gasteiger partial charge in [-0.3, -0.25) is 15.0 Å². The van der Waals surface area contributed by atoms with E-state index in [0.29, 0.717) is 6.42 Å². The Hall–Kier alpha value is -1.82. The van der Waals surface area contributed by atoms with Crippen molar-refractivity contribution in [3.05, 3.63) is 11.6 Å². The lowest BCUT2D eigenvalue weighted by molar-refractivity contribution is -0.0572. The van der Waals surface area contributed by atoms with E-state index in [2.05, 4.69) is 20.9 Å². The molecule has 2 amide bonds. The Bertz CT molecular complexity index is 1110. The predicted octanol–water partition coefficient (Wildman–Crippen LogP) is -1.01. The number of nitrogens with zero attached hydrogens (tertiary/aromatic N) is 2. The number of methoxy groups -OCH3 is 2. The van der Waals surface area contributed by atoms with Gasteiger partial charge in [0.2, 0.25) is 0 Å². The number of hydrogen-bond acceptors (Lipinski definition) is 11. The maximum atomic E-state index is 12.9. The quantitative estimate of drug-likeness (QED) is 0.383. The van der Waals surface area contributed by atoms with E-state index in [1.165, 1.54) is 27.3 Å². The summed E-state index contributed by atoms with van der Waals surface area (Å²) in [5.74, 6) is -0.348. The Labute approximate surface area is 177 Å². The minimum atomic E-state index is -4.58. The molecule has 0 radical (unpaired) electrons. The molecule has 4 N–H and O–H groups in total. The number of nitrogens with one attached hydrogen (secondary N) is 4. The number of carbonyl (C=O) groups is 1. The van der Waals surface area contributed by atoms with Gasteiger partial charge in [-0.25, -0.2) is 22.9 Å². The molecule has 16 heteroatoms. The first kappa shape index (κ1) is 22.9. The highest BCUT2D eigenvalue weighted by Gasteiger charge is 2.35. The maximum absolute atomic E-state index is 12.9. The molecule has 13 nitrogen and oxygen atoms in total. The van der Waals surface area contributed by atoms with Crippen LogP contribution in [0.3, 0.4) is 0 Å². The molecular weight excluding hydrogens is 460 g/mol. The molecule has 3 heterocycles. The Kier molecular flexibility index (Phi) is 6.66. The van der Waals surface area contributed by atoms with Gasteiger partial charge in [-0.15, -0.1) is 11.3 Å². The van der Waals surface area contributed by atoms with Gasteiger partial charge in [-0.1, -0.05) is 6.92 Å². The fraction of sp³-hybridized carbons (Fsp3) is 0.571. The fourth-order valence-electron chi connectivity index (χ4n) is 2.82. The molecule has 1 saturated heterocycles. The first-order valence-electron chi connectivity index (χ1n) is 8.70. The molecule has 0 spiro atoms. The summed E-state index contributed by atoms with van der Waals surface area (Å²) in [5.41, 5.74) is 0. The first-order chi connectivity index (χ1) is 14.1. The maximum Gasteiger partial charge on any atom is 0.330 e. The van der Waals surface area contributed by atoms with Crippen molar-refractivity contribution in [2.24, 2.45) is 0 Å². The average molecular weight is 483 g/mol. The second kappa shape index (κ2) is 8.74. The van der Waals surface area contributed by atoms with Gasteiger partial charge in [-0.05, 0) is 0 Å². The van der Waals surface area contributed by atoms with Gasteiger partial charge < -0.3 is 14.8 Å². The van der Waals surface area contributed by atoms with Gasteiger partial charge in [0.15, 0.2) is 24.9 Å². The number of thiazole rings is 1. The van der Waals surface area contributed by atoms with Gasteiger partial charge in [0.25, 0.3) is 10.0 Å². The average Bonchev–Trinajstić information content (AvgIpc) is 3.28. The number of hydrogen-bond donors (Lipinski definition) is 4. The third-order valence-electron chi connectivity index (χ3n) is 4.32. The lowest BCUT2D eigenvalue weighted by atomic mass is 10.3. The molecule has 0 aliphatic carbocycles. The number of sulfone groups is 1. The standard InChI is InChI=1S/C14H22N6O7S3/c1-4-29(22,23)10-11(20-5-6-28-14(20)17-10)30(24,25)19-13(21)18-12-15-8(26-2)7-9(16-12)27-3/h5-6,8-9,12,15-16H,4,7H2,1-3H3,(H2,18,19,21). The summed E-state index contributed by atoms with van der Waals surface area (Å²) >= 11 is 1.06. The monoisotopic (exact) mass is 482 g/mol. The van der Waals surface area contributed by atoms with Crippen LogP contribution >= 0.6 is 11.3 Å². The normalized spacial score (nSPS) is 22.8. The van der Waals surface area contributed by atoms with Crippen LogP contribution in [0.2, 0.25) is 0 Å². The van der Waals surface area contributed by atoms with Crippen LogP contribution in [0.25, 0.3) is 4.96 Å². The lowest BCUT2D eigenvalue weighted by Crippen LogP contribution is -2.67. The molecule has 1 fully saturated rings. The molecule has 0 bridgehead atoms. The summed E-state index contributed by atoms with van der Waals surface area (Å²) < 4.78 is 63.9.